The molecule has 0 saturated heterocycles. The number of ether oxygens (including phenoxy) is 1. The zero-order valence-corrected chi connectivity index (χ0v) is 11.5. The molecule has 0 aromatic heterocycles. The number of halogens is 8. The number of carbonyl (C=O) groups is 1. The van der Waals surface area contributed by atoms with E-state index in [-0.39, 0.29) is 12.1 Å². The van der Waals surface area contributed by atoms with Crippen molar-refractivity contribution in [2.75, 3.05) is 0 Å². The summed E-state index contributed by atoms with van der Waals surface area (Å²) in [4.78, 5) is 11.0. The van der Waals surface area contributed by atoms with Crippen molar-refractivity contribution >= 4 is 5.97 Å². The summed E-state index contributed by atoms with van der Waals surface area (Å²) < 4.78 is 109. The van der Waals surface area contributed by atoms with E-state index in [1.165, 1.54) is 0 Å². The van der Waals surface area contributed by atoms with Gasteiger partial charge < -0.3 is 9.84 Å². The molecule has 0 bridgehead atoms. The quantitative estimate of drug-likeness (QED) is 0.489. The lowest BCUT2D eigenvalue weighted by Crippen LogP contribution is -2.10. The molecule has 0 atom stereocenters. The molecular formula is C14H4F8O3. The summed E-state index contributed by atoms with van der Waals surface area (Å²) in [6.07, 6.45) is 0. The van der Waals surface area contributed by atoms with E-state index >= 15 is 0 Å². The molecule has 0 aliphatic carbocycles. The predicted octanol–water partition coefficient (Wildman–Crippen LogP) is 4.49. The number of hydrogen-bond donors (Lipinski definition) is 1. The van der Waals surface area contributed by atoms with Crippen molar-refractivity contribution in [1.29, 1.82) is 0 Å². The standard InChI is InChI=1S/C14H4F8O3/c15-5-2-6(25-14(21)22)4(13(23)24)1-3(5)7-8(16)10(18)12(20)11(19)9(7)17/h1-2,14H,(H,23,24). The Kier molecular flexibility index (Phi) is 4.86. The molecule has 2 aromatic rings. The Morgan fingerprint density at radius 3 is 1.80 bits per heavy atom. The van der Waals surface area contributed by atoms with Crippen LogP contribution >= 0.6 is 0 Å². The minimum atomic E-state index is -3.56. The Balaban J connectivity index is 2.82. The van der Waals surface area contributed by atoms with Gasteiger partial charge in [0.2, 0.25) is 5.82 Å². The zero-order chi connectivity index (χ0) is 19.0. The normalized spacial score (nSPS) is 11.1. The van der Waals surface area contributed by atoms with Gasteiger partial charge in [-0.15, -0.1) is 0 Å². The van der Waals surface area contributed by atoms with Gasteiger partial charge >= 0.3 is 12.6 Å². The summed E-state index contributed by atoms with van der Waals surface area (Å²) in [5, 5.41) is 8.89. The van der Waals surface area contributed by atoms with Crippen molar-refractivity contribution < 1.29 is 49.8 Å². The van der Waals surface area contributed by atoms with Gasteiger partial charge in [0, 0.05) is 11.6 Å². The van der Waals surface area contributed by atoms with Crippen LogP contribution in [-0.4, -0.2) is 17.7 Å². The SMILES string of the molecule is O=C(O)c1cc(-c2c(F)c(F)c(F)c(F)c2F)c(F)cc1OC(F)F. The number of carboxylic acids is 1. The first-order valence-corrected chi connectivity index (χ1v) is 6.09. The topological polar surface area (TPSA) is 46.5 Å². The smallest absolute Gasteiger partial charge is 0.387 e. The lowest BCUT2D eigenvalue weighted by molar-refractivity contribution is -0.0504. The molecule has 0 unspecified atom stereocenters. The molecule has 0 aliphatic rings. The summed E-state index contributed by atoms with van der Waals surface area (Å²) in [5.74, 6) is -17.0. The van der Waals surface area contributed by atoms with Gasteiger partial charge in [0.05, 0.1) is 5.56 Å². The predicted molar refractivity (Wildman–Crippen MR) is 65.2 cm³/mol. The lowest BCUT2D eigenvalue weighted by atomic mass is 9.99. The monoisotopic (exact) mass is 372 g/mol. The van der Waals surface area contributed by atoms with Crippen LogP contribution in [0.25, 0.3) is 11.1 Å². The minimum absolute atomic E-state index is 0.0307. The molecule has 134 valence electrons. The van der Waals surface area contributed by atoms with Crippen molar-refractivity contribution in [1.82, 2.24) is 0 Å². The maximum atomic E-state index is 14.0. The average molecular weight is 372 g/mol. The van der Waals surface area contributed by atoms with Crippen LogP contribution < -0.4 is 4.74 Å². The summed E-state index contributed by atoms with van der Waals surface area (Å²) in [6, 6.07) is 0.149. The molecule has 11 heteroatoms. The third-order valence-corrected chi connectivity index (χ3v) is 2.99. The molecule has 0 amide bonds. The highest BCUT2D eigenvalue weighted by molar-refractivity contribution is 5.93. The van der Waals surface area contributed by atoms with Gasteiger partial charge in [0.1, 0.15) is 17.1 Å². The van der Waals surface area contributed by atoms with Gasteiger partial charge in [-0.1, -0.05) is 0 Å². The number of benzene rings is 2. The highest BCUT2D eigenvalue weighted by Crippen LogP contribution is 2.36. The number of alkyl halides is 2. The fraction of sp³-hybridized carbons (Fsp3) is 0.0714. The van der Waals surface area contributed by atoms with Gasteiger partial charge in [0.15, 0.2) is 23.3 Å². The molecule has 2 rings (SSSR count). The fourth-order valence-corrected chi connectivity index (χ4v) is 1.95. The van der Waals surface area contributed by atoms with E-state index in [1.54, 1.807) is 0 Å². The second kappa shape index (κ2) is 6.57. The van der Waals surface area contributed by atoms with Gasteiger partial charge in [-0.25, -0.2) is 31.1 Å². The zero-order valence-electron chi connectivity index (χ0n) is 11.5. The van der Waals surface area contributed by atoms with Crippen LogP contribution in [-0.2, 0) is 0 Å². The van der Waals surface area contributed by atoms with Crippen LogP contribution in [0.4, 0.5) is 35.1 Å². The van der Waals surface area contributed by atoms with Gasteiger partial charge in [-0.3, -0.25) is 0 Å². The van der Waals surface area contributed by atoms with Gasteiger partial charge in [0.25, 0.3) is 0 Å². The molecule has 0 heterocycles. The second-order valence-corrected chi connectivity index (χ2v) is 4.46. The highest BCUT2D eigenvalue weighted by Gasteiger charge is 2.30. The Labute approximate surface area is 133 Å². The Bertz CT molecular complexity index is 837. The third-order valence-electron chi connectivity index (χ3n) is 2.99. The molecule has 0 fully saturated rings. The van der Waals surface area contributed by atoms with Crippen LogP contribution in [0.5, 0.6) is 5.75 Å². The Morgan fingerprint density at radius 1 is 0.880 bits per heavy atom. The molecular weight excluding hydrogens is 368 g/mol. The maximum Gasteiger partial charge on any atom is 0.387 e. The van der Waals surface area contributed by atoms with Crippen molar-refractivity contribution in [2.45, 2.75) is 6.61 Å². The highest BCUT2D eigenvalue weighted by atomic mass is 19.3. The number of hydrogen-bond acceptors (Lipinski definition) is 2. The number of aromatic carboxylic acids is 1. The first-order chi connectivity index (χ1) is 11.6. The Hall–Kier alpha value is -2.85. The van der Waals surface area contributed by atoms with Crippen LogP contribution in [0.2, 0.25) is 0 Å². The van der Waals surface area contributed by atoms with Crippen LogP contribution in [0.1, 0.15) is 10.4 Å². The van der Waals surface area contributed by atoms with E-state index in [4.69, 9.17) is 5.11 Å². The van der Waals surface area contributed by atoms with Crippen molar-refractivity contribution in [2.24, 2.45) is 0 Å². The first-order valence-electron chi connectivity index (χ1n) is 6.09. The molecule has 0 spiro atoms. The molecule has 1 N–H and O–H groups in total. The number of carboxylic acid groups (broad SMARTS) is 1. The molecule has 0 radical (unpaired) electrons. The molecule has 2 aromatic carbocycles. The van der Waals surface area contributed by atoms with Crippen LogP contribution in [0.15, 0.2) is 12.1 Å². The van der Waals surface area contributed by atoms with Crippen molar-refractivity contribution in [3.05, 3.63) is 52.6 Å². The van der Waals surface area contributed by atoms with E-state index in [0.717, 1.165) is 0 Å². The molecule has 0 aliphatic heterocycles. The molecule has 3 nitrogen and oxygen atoms in total. The van der Waals surface area contributed by atoms with E-state index < -0.39 is 69.9 Å². The van der Waals surface area contributed by atoms with E-state index in [2.05, 4.69) is 4.74 Å². The van der Waals surface area contributed by atoms with E-state index in [0.29, 0.717) is 0 Å². The molecule has 0 saturated carbocycles. The lowest BCUT2D eigenvalue weighted by Gasteiger charge is -2.13. The average Bonchev–Trinajstić information content (AvgIpc) is 2.52. The maximum absolute atomic E-state index is 14.0. The van der Waals surface area contributed by atoms with Crippen molar-refractivity contribution in [3.63, 3.8) is 0 Å². The van der Waals surface area contributed by atoms with E-state index in [1.807, 2.05) is 0 Å². The minimum Gasteiger partial charge on any atom is -0.478 e. The Morgan fingerprint density at radius 2 is 1.36 bits per heavy atom. The summed E-state index contributed by atoms with van der Waals surface area (Å²) >= 11 is 0. The van der Waals surface area contributed by atoms with Crippen molar-refractivity contribution in [3.8, 4) is 16.9 Å². The summed E-state index contributed by atoms with van der Waals surface area (Å²) in [6.45, 7) is -3.56. The van der Waals surface area contributed by atoms with Crippen LogP contribution in [0.3, 0.4) is 0 Å². The first kappa shape index (κ1) is 18.5. The third kappa shape index (κ3) is 3.21. The number of rotatable bonds is 4. The molecule has 25 heavy (non-hydrogen) atoms. The summed E-state index contributed by atoms with van der Waals surface area (Å²) in [5.41, 5.74) is -4.27. The van der Waals surface area contributed by atoms with Gasteiger partial charge in [-0.2, -0.15) is 8.78 Å². The summed E-state index contributed by atoms with van der Waals surface area (Å²) in [7, 11) is 0. The largest absolute Gasteiger partial charge is 0.478 e. The fourth-order valence-electron chi connectivity index (χ4n) is 1.95. The van der Waals surface area contributed by atoms with Crippen LogP contribution in [0, 0.1) is 34.9 Å². The second-order valence-electron chi connectivity index (χ2n) is 4.46. The van der Waals surface area contributed by atoms with Gasteiger partial charge in [-0.05, 0) is 6.07 Å². The van der Waals surface area contributed by atoms with E-state index in [9.17, 15) is 39.9 Å².